The molecule has 0 aliphatic carbocycles. The zero-order valence-corrected chi connectivity index (χ0v) is 19.3. The van der Waals surface area contributed by atoms with Gasteiger partial charge >= 0.3 is 5.95 Å². The highest BCUT2D eigenvalue weighted by atomic mass is 16.1. The van der Waals surface area contributed by atoms with Crippen LogP contribution in [0.15, 0.2) is 78.9 Å². The molecule has 0 unspecified atom stereocenters. The molecule has 2 N–H and O–H groups in total. The largest absolute Gasteiger partial charge is 0.343 e. The highest BCUT2D eigenvalue weighted by Crippen LogP contribution is 2.23. The van der Waals surface area contributed by atoms with E-state index < -0.39 is 0 Å². The summed E-state index contributed by atoms with van der Waals surface area (Å²) in [5, 5.41) is 14.1. The molecule has 1 aromatic heterocycles. The number of nitrogens with two attached hydrogens (primary N) is 1. The molecule has 0 aliphatic rings. The van der Waals surface area contributed by atoms with Crippen molar-refractivity contribution in [2.75, 3.05) is 5.73 Å². The molecule has 0 atom stereocenters. The minimum atomic E-state index is -0.0236. The molecule has 6 heteroatoms. The highest BCUT2D eigenvalue weighted by molar-refractivity contribution is 5.95. The first kappa shape index (κ1) is 22.9. The summed E-state index contributed by atoms with van der Waals surface area (Å²) in [5.41, 5.74) is 10.8. The van der Waals surface area contributed by atoms with E-state index in [1.54, 1.807) is 16.8 Å². The summed E-state index contributed by atoms with van der Waals surface area (Å²) in [6, 6.07) is 27.2. The van der Waals surface area contributed by atoms with Gasteiger partial charge in [-0.15, -0.1) is 4.68 Å². The maximum absolute atomic E-state index is 12.7. The van der Waals surface area contributed by atoms with Gasteiger partial charge in [-0.05, 0) is 34.3 Å². The summed E-state index contributed by atoms with van der Waals surface area (Å²) in [6.45, 7) is 2.80. The lowest BCUT2D eigenvalue weighted by molar-refractivity contribution is -0.682. The smallest absolute Gasteiger partial charge is 0.308 e. The van der Waals surface area contributed by atoms with Crippen molar-refractivity contribution < 1.29 is 9.36 Å². The van der Waals surface area contributed by atoms with E-state index in [1.165, 1.54) is 0 Å². The van der Waals surface area contributed by atoms with Crippen molar-refractivity contribution in [3.8, 4) is 17.2 Å². The maximum Gasteiger partial charge on any atom is 0.343 e. The van der Waals surface area contributed by atoms with Crippen LogP contribution in [0.2, 0.25) is 0 Å². The van der Waals surface area contributed by atoms with E-state index in [-0.39, 0.29) is 12.3 Å². The second-order valence-corrected chi connectivity index (χ2v) is 8.27. The third-order valence-corrected chi connectivity index (χ3v) is 5.88. The first-order valence-corrected chi connectivity index (χ1v) is 11.5. The summed E-state index contributed by atoms with van der Waals surface area (Å²) in [6.07, 6.45) is 2.83. The first-order chi connectivity index (χ1) is 16.6. The summed E-state index contributed by atoms with van der Waals surface area (Å²) in [7, 11) is 0. The summed E-state index contributed by atoms with van der Waals surface area (Å²) in [5.74, 6) is 1.32. The normalized spacial score (nSPS) is 10.7. The zero-order valence-electron chi connectivity index (χ0n) is 19.3. The molecule has 4 aromatic rings. The molecular weight excluding hydrogens is 422 g/mol. The van der Waals surface area contributed by atoms with Crippen molar-refractivity contribution in [3.05, 3.63) is 101 Å². The maximum atomic E-state index is 12.7. The van der Waals surface area contributed by atoms with Crippen LogP contribution in [0, 0.1) is 11.3 Å². The number of aryl methyl sites for hydroxylation is 1. The van der Waals surface area contributed by atoms with Gasteiger partial charge in [0.05, 0.1) is 18.2 Å². The highest BCUT2D eigenvalue weighted by Gasteiger charge is 2.24. The van der Waals surface area contributed by atoms with Gasteiger partial charge in [0.1, 0.15) is 0 Å². The van der Waals surface area contributed by atoms with Crippen LogP contribution in [0.4, 0.5) is 5.95 Å². The molecule has 4 rings (SSSR count). The van der Waals surface area contributed by atoms with Crippen molar-refractivity contribution in [3.63, 3.8) is 0 Å². The fourth-order valence-corrected chi connectivity index (χ4v) is 3.98. The van der Waals surface area contributed by atoms with Crippen LogP contribution in [-0.2, 0) is 19.5 Å². The van der Waals surface area contributed by atoms with E-state index in [9.17, 15) is 10.1 Å². The van der Waals surface area contributed by atoms with E-state index >= 15 is 0 Å². The molecule has 1 heterocycles. The van der Waals surface area contributed by atoms with Gasteiger partial charge in [0.2, 0.25) is 5.82 Å². The lowest BCUT2D eigenvalue weighted by Crippen LogP contribution is -2.40. The average molecular weight is 451 g/mol. The third kappa shape index (κ3) is 5.05. The van der Waals surface area contributed by atoms with Gasteiger partial charge in [-0.3, -0.25) is 4.79 Å². The molecule has 0 radical (unpaired) electrons. The molecule has 170 valence electrons. The third-order valence-electron chi connectivity index (χ3n) is 5.88. The second-order valence-electron chi connectivity index (χ2n) is 8.27. The molecule has 0 aliphatic heterocycles. The van der Waals surface area contributed by atoms with E-state index in [2.05, 4.69) is 13.0 Å². The molecule has 34 heavy (non-hydrogen) atoms. The number of Topliss-reactive ketones (excluding diaryl/α,β-unsaturated/α-hetero) is 1. The molecule has 0 spiro atoms. The Bertz CT molecular complexity index is 1320. The van der Waals surface area contributed by atoms with Crippen LogP contribution in [0.3, 0.4) is 0 Å². The Hall–Kier alpha value is -4.24. The van der Waals surface area contributed by atoms with Crippen molar-refractivity contribution >= 4 is 11.7 Å². The predicted molar refractivity (Wildman–Crippen MR) is 132 cm³/mol. The monoisotopic (exact) mass is 450 g/mol. The van der Waals surface area contributed by atoms with Crippen molar-refractivity contribution in [1.82, 2.24) is 9.78 Å². The van der Waals surface area contributed by atoms with Crippen LogP contribution in [0.25, 0.3) is 11.1 Å². The molecule has 0 amide bonds. The molecule has 0 saturated heterocycles. The van der Waals surface area contributed by atoms with Crippen molar-refractivity contribution in [2.24, 2.45) is 0 Å². The number of rotatable bonds is 9. The Morgan fingerprint density at radius 2 is 1.74 bits per heavy atom. The Balaban J connectivity index is 1.59. The number of hydrogen-bond acceptors (Lipinski definition) is 4. The van der Waals surface area contributed by atoms with Crippen LogP contribution >= 0.6 is 0 Å². The van der Waals surface area contributed by atoms with E-state index in [1.807, 2.05) is 71.3 Å². The zero-order chi connectivity index (χ0) is 23.9. The number of aromatic nitrogens is 3. The van der Waals surface area contributed by atoms with Gasteiger partial charge in [-0.25, -0.2) is 4.57 Å². The number of carbonyl (C=O) groups is 1. The van der Waals surface area contributed by atoms with Crippen LogP contribution in [-0.4, -0.2) is 15.6 Å². The van der Waals surface area contributed by atoms with Crippen molar-refractivity contribution in [2.45, 2.75) is 39.3 Å². The quantitative estimate of drug-likeness (QED) is 0.299. The van der Waals surface area contributed by atoms with E-state index in [0.29, 0.717) is 23.6 Å². The summed E-state index contributed by atoms with van der Waals surface area (Å²) in [4.78, 5) is 12.7. The van der Waals surface area contributed by atoms with Crippen LogP contribution < -0.4 is 10.3 Å². The molecular formula is C28H28N5O+. The topological polar surface area (TPSA) is 88.6 Å². The number of nitrogens with zero attached hydrogens (tertiary/aromatic N) is 4. The number of nitriles is 1. The van der Waals surface area contributed by atoms with Gasteiger partial charge in [-0.1, -0.05) is 86.1 Å². The van der Waals surface area contributed by atoms with E-state index in [0.717, 1.165) is 41.8 Å². The van der Waals surface area contributed by atoms with Gasteiger partial charge in [0.15, 0.2) is 12.3 Å². The standard InChI is InChI=1S/C28H27N5O/c1-2-3-13-27-31-33(20-26(34)23-9-5-4-6-10-23)28(30)32(27)19-21-14-16-22(17-15-21)25-12-8-7-11-24(25)18-29/h4-12,14-17,30H,2-3,13,19-20H2,1H3/p+1. The Morgan fingerprint density at radius 3 is 2.44 bits per heavy atom. The van der Waals surface area contributed by atoms with Crippen molar-refractivity contribution in [1.29, 1.82) is 5.26 Å². The fourth-order valence-electron chi connectivity index (χ4n) is 3.98. The number of benzene rings is 3. The van der Waals surface area contributed by atoms with Gasteiger partial charge in [0, 0.05) is 12.0 Å². The number of anilines is 1. The minimum absolute atomic E-state index is 0.0236. The Kier molecular flexibility index (Phi) is 7.14. The Labute approximate surface area is 199 Å². The summed E-state index contributed by atoms with van der Waals surface area (Å²) >= 11 is 0. The number of unbranched alkanes of at least 4 members (excludes halogenated alkanes) is 1. The van der Waals surface area contributed by atoms with Gasteiger partial charge < -0.3 is 5.73 Å². The predicted octanol–water partition coefficient (Wildman–Crippen LogP) is 4.57. The minimum Gasteiger partial charge on any atom is -0.308 e. The Morgan fingerprint density at radius 1 is 1.03 bits per heavy atom. The first-order valence-electron chi connectivity index (χ1n) is 11.5. The molecule has 0 fully saturated rings. The average Bonchev–Trinajstić information content (AvgIpc) is 3.17. The fraction of sp³-hybridized carbons (Fsp3) is 0.214. The van der Waals surface area contributed by atoms with Gasteiger partial charge in [-0.2, -0.15) is 5.26 Å². The van der Waals surface area contributed by atoms with Gasteiger partial charge in [0.25, 0.3) is 0 Å². The molecule has 0 saturated carbocycles. The number of carbonyl (C=O) groups excluding carboxylic acids is 1. The second kappa shape index (κ2) is 10.6. The number of hydrogen-bond donors (Lipinski definition) is 1. The molecule has 3 aromatic carbocycles. The lowest BCUT2D eigenvalue weighted by Gasteiger charge is -2.07. The molecule has 6 nitrogen and oxygen atoms in total. The lowest BCUT2D eigenvalue weighted by atomic mass is 9.99. The van der Waals surface area contributed by atoms with Crippen LogP contribution in [0.5, 0.6) is 0 Å². The SMILES string of the molecule is CCCCc1nn(CC(=O)c2ccccc2)c(N)[n+]1Cc1ccc(-c2ccccc2C#N)cc1. The number of ketones is 1. The molecule has 0 bridgehead atoms. The van der Waals surface area contributed by atoms with E-state index in [4.69, 9.17) is 10.8 Å². The summed E-state index contributed by atoms with van der Waals surface area (Å²) < 4.78 is 3.60. The number of nitrogen functional groups attached to an aromatic ring is 1. The van der Waals surface area contributed by atoms with Crippen LogP contribution in [0.1, 0.15) is 47.1 Å².